The molecule has 0 aromatic heterocycles. The van der Waals surface area contributed by atoms with Crippen LogP contribution in [0.2, 0.25) is 0 Å². The minimum atomic E-state index is -1.51. The van der Waals surface area contributed by atoms with Crippen LogP contribution in [0.4, 0.5) is 0 Å². The minimum absolute atomic E-state index is 0.179. The molecule has 0 bridgehead atoms. The molecule has 0 amide bonds. The van der Waals surface area contributed by atoms with Crippen LogP contribution in [0.15, 0.2) is 72.9 Å². The molecule has 0 aliphatic rings. The molecule has 0 rings (SSSR count). The number of rotatable bonds is 71. The third-order valence-electron chi connectivity index (χ3n) is 17.0. The Balaban J connectivity index is 4.04. The Morgan fingerprint density at radius 3 is 0.955 bits per heavy atom. The summed E-state index contributed by atoms with van der Waals surface area (Å²) in [5.41, 5.74) is 0. The highest BCUT2D eigenvalue weighted by atomic mass is 16.7. The Morgan fingerprint density at radius 1 is 0.348 bits per heavy atom. The number of carbonyl (C=O) groups is 3. The van der Waals surface area contributed by atoms with Crippen LogP contribution in [0.3, 0.4) is 0 Å². The highest BCUT2D eigenvalue weighted by molar-refractivity contribution is 5.71. The van der Waals surface area contributed by atoms with Gasteiger partial charge in [-0.1, -0.05) is 356 Å². The van der Waals surface area contributed by atoms with E-state index in [2.05, 4.69) is 86.8 Å². The van der Waals surface area contributed by atoms with Crippen molar-refractivity contribution in [2.45, 2.75) is 373 Å². The van der Waals surface area contributed by atoms with Gasteiger partial charge in [-0.3, -0.25) is 9.59 Å². The van der Waals surface area contributed by atoms with Gasteiger partial charge >= 0.3 is 17.9 Å². The van der Waals surface area contributed by atoms with E-state index in [0.29, 0.717) is 17.4 Å². The summed E-state index contributed by atoms with van der Waals surface area (Å²) in [5, 5.41) is 9.76. The van der Waals surface area contributed by atoms with Gasteiger partial charge in [0.05, 0.1) is 34.4 Å². The number of unbranched alkanes of at least 4 members (excludes halogenated alkanes) is 44. The average molecular weight is 1250 g/mol. The van der Waals surface area contributed by atoms with Crippen LogP contribution in [0.5, 0.6) is 0 Å². The van der Waals surface area contributed by atoms with Crippen molar-refractivity contribution in [2.75, 3.05) is 47.5 Å². The summed E-state index contributed by atoms with van der Waals surface area (Å²) in [6, 6.07) is 0. The minimum Gasteiger partial charge on any atom is -0.477 e. The fraction of sp³-hybridized carbons (Fsp3) is 0.812. The summed E-state index contributed by atoms with van der Waals surface area (Å²) in [6.45, 7) is 4.82. The molecule has 0 aliphatic heterocycles. The molecule has 0 saturated carbocycles. The maximum absolute atomic E-state index is 13.0. The second-order valence-electron chi connectivity index (χ2n) is 26.9. The Hall–Kier alpha value is -3.27. The maximum Gasteiger partial charge on any atom is 0.361 e. The molecule has 9 heteroatoms. The third-order valence-corrected chi connectivity index (χ3v) is 17.0. The number of ether oxygens (including phenoxy) is 4. The van der Waals surface area contributed by atoms with Crippen LogP contribution in [0.25, 0.3) is 0 Å². The molecule has 9 nitrogen and oxygen atoms in total. The Bertz CT molecular complexity index is 1690. The van der Waals surface area contributed by atoms with Gasteiger partial charge in [0.1, 0.15) is 13.2 Å². The van der Waals surface area contributed by atoms with Gasteiger partial charge < -0.3 is 28.5 Å². The second kappa shape index (κ2) is 70.6. The van der Waals surface area contributed by atoms with E-state index >= 15 is 0 Å². The molecule has 0 aliphatic carbocycles. The van der Waals surface area contributed by atoms with E-state index in [1.165, 1.54) is 257 Å². The van der Waals surface area contributed by atoms with Gasteiger partial charge in [0.15, 0.2) is 6.10 Å². The van der Waals surface area contributed by atoms with Gasteiger partial charge in [0.2, 0.25) is 0 Å². The number of quaternary nitrogens is 1. The number of hydrogen-bond donors (Lipinski definition) is 1. The van der Waals surface area contributed by atoms with Crippen molar-refractivity contribution in [3.63, 3.8) is 0 Å². The standard InChI is InChI=1S/C80H145NO8/c1-6-8-10-12-14-16-18-20-22-24-26-28-30-32-34-36-38-39-41-43-45-47-49-51-53-55-57-59-61-63-65-67-69-71-78(83)89-76(75-88-80(79(84)85)86-73-72-81(3,4)5)74-87-77(82)70-68-66-64-62-60-58-56-54-52-50-48-46-44-42-40-37-35-33-31-29-27-25-23-21-19-17-15-13-11-9-7-2/h8,10,14,16,20,22,26,28,32,34,38-39,76,80H,6-7,9,11-13,15,17-19,21,23-25,27,29-31,33,35-37,40-75H2,1-5H3/p+1/b10-8-,16-14-,22-20-,28-26-,34-32-,39-38-. The van der Waals surface area contributed by atoms with Crippen molar-refractivity contribution in [3.05, 3.63) is 72.9 Å². The first-order valence-electron chi connectivity index (χ1n) is 38.1. The predicted molar refractivity (Wildman–Crippen MR) is 383 cm³/mol. The second-order valence-corrected chi connectivity index (χ2v) is 26.9. The lowest BCUT2D eigenvalue weighted by molar-refractivity contribution is -0.870. The molecule has 0 radical (unpaired) electrons. The van der Waals surface area contributed by atoms with Crippen LogP contribution in [0.1, 0.15) is 361 Å². The summed E-state index contributed by atoms with van der Waals surface area (Å²) < 4.78 is 23.0. The lowest BCUT2D eigenvalue weighted by Gasteiger charge is -2.25. The number of aliphatic carboxylic acids is 1. The molecule has 518 valence electrons. The molecule has 0 saturated heterocycles. The quantitative estimate of drug-likeness (QED) is 0.0211. The Kier molecular flexibility index (Phi) is 68.0. The van der Waals surface area contributed by atoms with Gasteiger partial charge in [-0.15, -0.1) is 0 Å². The van der Waals surface area contributed by atoms with Crippen molar-refractivity contribution >= 4 is 17.9 Å². The highest BCUT2D eigenvalue weighted by Crippen LogP contribution is 2.19. The number of carboxylic acid groups (broad SMARTS) is 1. The predicted octanol–water partition coefficient (Wildman–Crippen LogP) is 24.0. The number of nitrogens with zero attached hydrogens (tertiary/aromatic N) is 1. The van der Waals surface area contributed by atoms with Gasteiger partial charge in [0.25, 0.3) is 6.29 Å². The van der Waals surface area contributed by atoms with Crippen molar-refractivity contribution in [1.29, 1.82) is 0 Å². The zero-order chi connectivity index (χ0) is 64.7. The summed E-state index contributed by atoms with van der Waals surface area (Å²) in [4.78, 5) is 37.7. The number of esters is 2. The zero-order valence-corrected chi connectivity index (χ0v) is 59.3. The van der Waals surface area contributed by atoms with E-state index in [1.807, 2.05) is 21.1 Å². The normalized spacial score (nSPS) is 13.0. The number of hydrogen-bond acceptors (Lipinski definition) is 7. The lowest BCUT2D eigenvalue weighted by atomic mass is 10.0. The van der Waals surface area contributed by atoms with Gasteiger partial charge in [-0.2, -0.15) is 0 Å². The van der Waals surface area contributed by atoms with E-state index in [9.17, 15) is 19.5 Å². The topological polar surface area (TPSA) is 108 Å². The summed E-state index contributed by atoms with van der Waals surface area (Å²) >= 11 is 0. The summed E-state index contributed by atoms with van der Waals surface area (Å²) in [5.74, 6) is -1.98. The van der Waals surface area contributed by atoms with Crippen LogP contribution < -0.4 is 0 Å². The molecule has 2 unspecified atom stereocenters. The first-order chi connectivity index (χ1) is 43.6. The van der Waals surface area contributed by atoms with Crippen LogP contribution in [0, 0.1) is 0 Å². The van der Waals surface area contributed by atoms with Crippen molar-refractivity contribution in [1.82, 2.24) is 0 Å². The first-order valence-corrected chi connectivity index (χ1v) is 38.1. The Labute approximate surface area is 551 Å². The highest BCUT2D eigenvalue weighted by Gasteiger charge is 2.25. The van der Waals surface area contributed by atoms with Gasteiger partial charge in [-0.05, 0) is 64.2 Å². The smallest absolute Gasteiger partial charge is 0.361 e. The average Bonchev–Trinajstić information content (AvgIpc) is 3.64. The van der Waals surface area contributed by atoms with Crippen molar-refractivity contribution in [2.24, 2.45) is 0 Å². The van der Waals surface area contributed by atoms with Gasteiger partial charge in [0, 0.05) is 12.8 Å². The fourth-order valence-corrected chi connectivity index (χ4v) is 11.2. The molecule has 0 aromatic rings. The number of carbonyl (C=O) groups excluding carboxylic acids is 2. The van der Waals surface area contributed by atoms with Crippen LogP contribution in [-0.4, -0.2) is 87.4 Å². The Morgan fingerprint density at radius 2 is 0.640 bits per heavy atom. The fourth-order valence-electron chi connectivity index (χ4n) is 11.2. The number of allylic oxidation sites excluding steroid dienone is 12. The molecule has 89 heavy (non-hydrogen) atoms. The van der Waals surface area contributed by atoms with Crippen molar-refractivity contribution in [3.8, 4) is 0 Å². The van der Waals surface area contributed by atoms with Crippen LogP contribution in [-0.2, 0) is 33.3 Å². The number of carboxylic acids is 1. The maximum atomic E-state index is 13.0. The molecule has 1 N–H and O–H groups in total. The molecule has 2 atom stereocenters. The SMILES string of the molecule is CC/C=C\C/C=C\C/C=C\C/C=C\C/C=C\C/C=C\CCCCCCCCCCCCCCCCC(=O)OC(COC(=O)CCCCCCCCCCCCCCCCCCCCCCCCCCCCCCCCC)COC(OCC[N+](C)(C)C)C(=O)O. The lowest BCUT2D eigenvalue weighted by Crippen LogP contribution is -2.40. The summed E-state index contributed by atoms with van der Waals surface area (Å²) in [7, 11) is 5.99. The van der Waals surface area contributed by atoms with E-state index < -0.39 is 24.3 Å². The van der Waals surface area contributed by atoms with Crippen LogP contribution >= 0.6 is 0 Å². The van der Waals surface area contributed by atoms with Gasteiger partial charge in [-0.25, -0.2) is 4.79 Å². The monoisotopic (exact) mass is 1250 g/mol. The first kappa shape index (κ1) is 85.7. The molecular weight excluding hydrogens is 1100 g/mol. The van der Waals surface area contributed by atoms with Crippen molar-refractivity contribution < 1.29 is 42.9 Å². The van der Waals surface area contributed by atoms with E-state index in [0.717, 1.165) is 77.0 Å². The zero-order valence-electron chi connectivity index (χ0n) is 59.3. The molecule has 0 spiro atoms. The molecule has 0 heterocycles. The number of likely N-dealkylation sites (N-methyl/N-ethyl adjacent to an activating group) is 1. The summed E-state index contributed by atoms with van der Waals surface area (Å²) in [6.07, 6.45) is 91.8. The largest absolute Gasteiger partial charge is 0.477 e. The molecule has 0 aromatic carbocycles. The molecule has 0 fully saturated rings. The van der Waals surface area contributed by atoms with E-state index in [1.54, 1.807) is 0 Å². The van der Waals surface area contributed by atoms with E-state index in [4.69, 9.17) is 18.9 Å². The van der Waals surface area contributed by atoms with E-state index in [-0.39, 0.29) is 32.2 Å². The molecular formula is C80H146NO8+. The third kappa shape index (κ3) is 72.0.